The van der Waals surface area contributed by atoms with Crippen molar-refractivity contribution in [3.63, 3.8) is 0 Å². The monoisotopic (exact) mass is 397 g/mol. The van der Waals surface area contributed by atoms with E-state index in [1.807, 2.05) is 17.9 Å². The van der Waals surface area contributed by atoms with Crippen LogP contribution in [-0.4, -0.2) is 76.6 Å². The van der Waals surface area contributed by atoms with Crippen molar-refractivity contribution in [2.45, 2.75) is 26.2 Å². The van der Waals surface area contributed by atoms with Crippen LogP contribution in [-0.2, 0) is 4.79 Å². The zero-order valence-corrected chi connectivity index (χ0v) is 16.8. The fourth-order valence-corrected chi connectivity index (χ4v) is 3.70. The summed E-state index contributed by atoms with van der Waals surface area (Å²) in [5.74, 6) is 1.72. The molecule has 2 aliphatic heterocycles. The lowest BCUT2D eigenvalue weighted by molar-refractivity contribution is -0.133. The molecule has 0 bridgehead atoms. The first-order chi connectivity index (χ1) is 14.2. The molecule has 2 saturated heterocycles. The molecule has 0 N–H and O–H groups in total. The van der Waals surface area contributed by atoms with Crippen LogP contribution in [0, 0.1) is 6.92 Å². The summed E-state index contributed by atoms with van der Waals surface area (Å²) in [5.41, 5.74) is 0.977. The maximum atomic E-state index is 12.4. The summed E-state index contributed by atoms with van der Waals surface area (Å²) < 4.78 is 5.38. The number of piperidine rings is 1. The Labute approximate surface area is 170 Å². The van der Waals surface area contributed by atoms with Crippen molar-refractivity contribution >= 4 is 17.7 Å². The number of nitrogens with zero attached hydrogens (tertiary/aromatic N) is 7. The van der Waals surface area contributed by atoms with Gasteiger partial charge in [0, 0.05) is 63.4 Å². The summed E-state index contributed by atoms with van der Waals surface area (Å²) in [5, 5.41) is 0. The van der Waals surface area contributed by atoms with Crippen LogP contribution in [0.15, 0.2) is 24.5 Å². The largest absolute Gasteiger partial charge is 0.453 e. The Morgan fingerprint density at radius 1 is 0.966 bits per heavy atom. The number of aryl methyl sites for hydroxylation is 1. The molecule has 154 valence electrons. The van der Waals surface area contributed by atoms with Gasteiger partial charge >= 0.3 is 6.01 Å². The molecule has 0 saturated carbocycles. The lowest BCUT2D eigenvalue weighted by Gasteiger charge is -2.36. The standard InChI is InChI=1S/C20H27N7O2/c1-16-14-17(24-19(23-16)27-8-3-2-4-9-27)25-10-12-26(13-11-25)18(28)15-29-20-21-6-5-7-22-20/h5-7,14H,2-4,8-13,15H2,1H3. The van der Waals surface area contributed by atoms with Crippen molar-refractivity contribution in [2.24, 2.45) is 0 Å². The second-order valence-electron chi connectivity index (χ2n) is 7.40. The van der Waals surface area contributed by atoms with Crippen molar-refractivity contribution in [3.05, 3.63) is 30.2 Å². The van der Waals surface area contributed by atoms with Crippen LogP contribution in [0.25, 0.3) is 0 Å². The first-order valence-electron chi connectivity index (χ1n) is 10.2. The third-order valence-electron chi connectivity index (χ3n) is 5.29. The highest BCUT2D eigenvalue weighted by Gasteiger charge is 2.24. The summed E-state index contributed by atoms with van der Waals surface area (Å²) in [7, 11) is 0. The van der Waals surface area contributed by atoms with Crippen molar-refractivity contribution in [2.75, 3.05) is 55.7 Å². The quantitative estimate of drug-likeness (QED) is 0.746. The van der Waals surface area contributed by atoms with E-state index in [9.17, 15) is 4.79 Å². The van der Waals surface area contributed by atoms with E-state index in [0.717, 1.165) is 43.6 Å². The third kappa shape index (κ3) is 4.90. The number of piperazine rings is 1. The average molecular weight is 397 g/mol. The molecule has 0 spiro atoms. The number of hydrogen-bond acceptors (Lipinski definition) is 8. The van der Waals surface area contributed by atoms with Gasteiger partial charge in [-0.3, -0.25) is 4.79 Å². The van der Waals surface area contributed by atoms with Crippen LogP contribution >= 0.6 is 0 Å². The van der Waals surface area contributed by atoms with E-state index < -0.39 is 0 Å². The molecule has 1 amide bonds. The van der Waals surface area contributed by atoms with Gasteiger partial charge in [-0.2, -0.15) is 4.98 Å². The highest BCUT2D eigenvalue weighted by Crippen LogP contribution is 2.21. The first kappa shape index (κ1) is 19.4. The van der Waals surface area contributed by atoms with Crippen LogP contribution in [0.5, 0.6) is 6.01 Å². The van der Waals surface area contributed by atoms with Crippen molar-refractivity contribution < 1.29 is 9.53 Å². The van der Waals surface area contributed by atoms with Crippen LogP contribution < -0.4 is 14.5 Å². The van der Waals surface area contributed by atoms with Crippen LogP contribution in [0.3, 0.4) is 0 Å². The predicted molar refractivity (Wildman–Crippen MR) is 109 cm³/mol. The molecule has 0 aliphatic carbocycles. The number of carbonyl (C=O) groups is 1. The second kappa shape index (κ2) is 9.02. The number of anilines is 2. The Balaban J connectivity index is 1.33. The van der Waals surface area contributed by atoms with E-state index in [4.69, 9.17) is 9.72 Å². The lowest BCUT2D eigenvalue weighted by atomic mass is 10.1. The van der Waals surface area contributed by atoms with Crippen LogP contribution in [0.2, 0.25) is 0 Å². The number of aromatic nitrogens is 4. The topological polar surface area (TPSA) is 87.6 Å². The molecule has 29 heavy (non-hydrogen) atoms. The summed E-state index contributed by atoms with van der Waals surface area (Å²) in [6.45, 7) is 6.77. The summed E-state index contributed by atoms with van der Waals surface area (Å²) in [4.78, 5) is 36.2. The summed E-state index contributed by atoms with van der Waals surface area (Å²) in [6.07, 6.45) is 6.86. The summed E-state index contributed by atoms with van der Waals surface area (Å²) >= 11 is 0. The van der Waals surface area contributed by atoms with Crippen LogP contribution in [0.1, 0.15) is 25.0 Å². The molecule has 0 aromatic carbocycles. The molecule has 9 nitrogen and oxygen atoms in total. The van der Waals surface area contributed by atoms with Gasteiger partial charge in [0.15, 0.2) is 6.61 Å². The second-order valence-corrected chi connectivity index (χ2v) is 7.40. The minimum Gasteiger partial charge on any atom is -0.453 e. The Kier molecular flexibility index (Phi) is 6.02. The Hall–Kier alpha value is -2.97. The molecule has 0 radical (unpaired) electrons. The van der Waals surface area contributed by atoms with Gasteiger partial charge in [-0.25, -0.2) is 15.0 Å². The van der Waals surface area contributed by atoms with Gasteiger partial charge in [-0.05, 0) is 32.3 Å². The van der Waals surface area contributed by atoms with Gasteiger partial charge in [0.1, 0.15) is 5.82 Å². The third-order valence-corrected chi connectivity index (χ3v) is 5.29. The van der Waals surface area contributed by atoms with Gasteiger partial charge in [0.05, 0.1) is 0 Å². The fraction of sp³-hybridized carbons (Fsp3) is 0.550. The maximum absolute atomic E-state index is 12.4. The highest BCUT2D eigenvalue weighted by molar-refractivity contribution is 5.78. The SMILES string of the molecule is Cc1cc(N2CCN(C(=O)COc3ncccn3)CC2)nc(N2CCCCC2)n1. The minimum atomic E-state index is -0.0509. The van der Waals surface area contributed by atoms with E-state index in [-0.39, 0.29) is 18.5 Å². The highest BCUT2D eigenvalue weighted by atomic mass is 16.5. The Bertz CT molecular complexity index is 819. The summed E-state index contributed by atoms with van der Waals surface area (Å²) in [6, 6.07) is 3.96. The van der Waals surface area contributed by atoms with Crippen molar-refractivity contribution in [3.8, 4) is 6.01 Å². The molecule has 9 heteroatoms. The lowest BCUT2D eigenvalue weighted by Crippen LogP contribution is -2.50. The Morgan fingerprint density at radius 3 is 2.41 bits per heavy atom. The molecule has 0 unspecified atom stereocenters. The molecule has 4 heterocycles. The smallest absolute Gasteiger partial charge is 0.316 e. The van der Waals surface area contributed by atoms with Gasteiger partial charge in [-0.1, -0.05) is 0 Å². The predicted octanol–water partition coefficient (Wildman–Crippen LogP) is 1.29. The van der Waals surface area contributed by atoms with Crippen molar-refractivity contribution in [1.82, 2.24) is 24.8 Å². The van der Waals surface area contributed by atoms with Gasteiger partial charge in [0.25, 0.3) is 5.91 Å². The van der Waals surface area contributed by atoms with Gasteiger partial charge in [0.2, 0.25) is 5.95 Å². The minimum absolute atomic E-state index is 0.0459. The number of ether oxygens (including phenoxy) is 1. The first-order valence-corrected chi connectivity index (χ1v) is 10.2. The van der Waals surface area contributed by atoms with Gasteiger partial charge in [-0.15, -0.1) is 0 Å². The maximum Gasteiger partial charge on any atom is 0.316 e. The normalized spacial score (nSPS) is 17.3. The molecule has 0 atom stereocenters. The number of carbonyl (C=O) groups excluding carboxylic acids is 1. The average Bonchev–Trinajstić information content (AvgIpc) is 2.78. The number of amides is 1. The molecule has 2 aromatic heterocycles. The Morgan fingerprint density at radius 2 is 1.69 bits per heavy atom. The fourth-order valence-electron chi connectivity index (χ4n) is 3.70. The van der Waals surface area contributed by atoms with Crippen molar-refractivity contribution in [1.29, 1.82) is 0 Å². The molecule has 2 aromatic rings. The van der Waals surface area contributed by atoms with E-state index >= 15 is 0 Å². The van der Waals surface area contributed by atoms with Crippen LogP contribution in [0.4, 0.5) is 11.8 Å². The van der Waals surface area contributed by atoms with Gasteiger partial charge < -0.3 is 19.4 Å². The number of hydrogen-bond donors (Lipinski definition) is 0. The molecule has 4 rings (SSSR count). The number of rotatable bonds is 5. The molecule has 2 fully saturated rings. The van der Waals surface area contributed by atoms with E-state index in [1.165, 1.54) is 19.3 Å². The molecular weight excluding hydrogens is 370 g/mol. The van der Waals surface area contributed by atoms with E-state index in [1.54, 1.807) is 18.5 Å². The molecular formula is C20H27N7O2. The zero-order chi connectivity index (χ0) is 20.1. The molecule has 2 aliphatic rings. The van der Waals surface area contributed by atoms with E-state index in [2.05, 4.69) is 24.8 Å². The zero-order valence-electron chi connectivity index (χ0n) is 16.8. The van der Waals surface area contributed by atoms with E-state index in [0.29, 0.717) is 13.1 Å².